The number of aromatic nitrogens is 4. The van der Waals surface area contributed by atoms with E-state index in [2.05, 4.69) is 15.2 Å². The van der Waals surface area contributed by atoms with Crippen molar-refractivity contribution in [1.29, 1.82) is 5.26 Å². The predicted octanol–water partition coefficient (Wildman–Crippen LogP) is 3.78. The molecule has 0 bridgehead atoms. The van der Waals surface area contributed by atoms with Crippen LogP contribution in [0.1, 0.15) is 48.3 Å². The minimum Gasteiger partial charge on any atom is -0.505 e. The largest absolute Gasteiger partial charge is 0.505 e. The Morgan fingerprint density at radius 3 is 2.88 bits per heavy atom. The van der Waals surface area contributed by atoms with Gasteiger partial charge in [0, 0.05) is 25.0 Å². The van der Waals surface area contributed by atoms with Crippen molar-refractivity contribution in [2.45, 2.75) is 37.6 Å². The number of hydrogen-bond donors (Lipinski definition) is 2. The molecular formula is C23H21FN6O3S. The lowest BCUT2D eigenvalue weighted by Gasteiger charge is -2.35. The summed E-state index contributed by atoms with van der Waals surface area (Å²) < 4.78 is 23.5. The van der Waals surface area contributed by atoms with Crippen LogP contribution in [-0.4, -0.2) is 45.1 Å². The number of nitrogens with one attached hydrogen (secondary N) is 1. The fraction of sp³-hybridized carbons (Fsp3) is 0.391. The summed E-state index contributed by atoms with van der Waals surface area (Å²) in [6, 6.07) is 3.30. The molecule has 2 N–H and O–H groups in total. The molecule has 2 fully saturated rings. The molecule has 1 unspecified atom stereocenters. The summed E-state index contributed by atoms with van der Waals surface area (Å²) in [6.07, 6.45) is 4.99. The highest BCUT2D eigenvalue weighted by Gasteiger charge is 2.34. The maximum Gasteiger partial charge on any atom is 0.202 e. The molecule has 11 heteroatoms. The molecule has 4 heterocycles. The first-order valence-electron chi connectivity index (χ1n) is 11.1. The zero-order chi connectivity index (χ0) is 23.6. The van der Waals surface area contributed by atoms with Crippen molar-refractivity contribution in [3.8, 4) is 17.6 Å². The molecule has 4 aromatic rings. The first kappa shape index (κ1) is 20.9. The molecule has 1 saturated carbocycles. The van der Waals surface area contributed by atoms with E-state index in [1.165, 1.54) is 19.5 Å². The molecule has 1 saturated heterocycles. The van der Waals surface area contributed by atoms with E-state index < -0.39 is 11.2 Å². The van der Waals surface area contributed by atoms with Gasteiger partial charge in [0.1, 0.15) is 39.0 Å². The summed E-state index contributed by atoms with van der Waals surface area (Å²) in [4.78, 5) is 20.2. The Balaban J connectivity index is 1.62. The topological polar surface area (TPSA) is 120 Å². The molecule has 34 heavy (non-hydrogen) atoms. The van der Waals surface area contributed by atoms with E-state index in [4.69, 9.17) is 4.74 Å². The molecule has 1 atom stereocenters. The van der Waals surface area contributed by atoms with E-state index in [1.807, 2.05) is 15.5 Å². The molecule has 3 aromatic heterocycles. The number of nitriles is 1. The second-order valence-electron chi connectivity index (χ2n) is 8.79. The minimum absolute atomic E-state index is 0.0663. The van der Waals surface area contributed by atoms with Gasteiger partial charge in [-0.1, -0.05) is 0 Å². The SMILES string of the molecule is COc1c(N2CCCC(c3ncn[nH]3)C2)c(F)cc2c(=O)c3c(O)c(C#N)sc3n(C3CC3)c12. The van der Waals surface area contributed by atoms with Crippen LogP contribution in [0, 0.1) is 17.1 Å². The third-order valence-electron chi connectivity index (χ3n) is 6.75. The second kappa shape index (κ2) is 7.70. The number of halogens is 1. The molecule has 2 aliphatic rings. The van der Waals surface area contributed by atoms with Crippen LogP contribution >= 0.6 is 11.3 Å². The molecule has 0 spiro atoms. The van der Waals surface area contributed by atoms with Crippen LogP contribution in [0.5, 0.6) is 11.5 Å². The van der Waals surface area contributed by atoms with Gasteiger partial charge in [0.05, 0.1) is 18.0 Å². The lowest BCUT2D eigenvalue weighted by molar-refractivity contribution is 0.408. The zero-order valence-corrected chi connectivity index (χ0v) is 19.2. The minimum atomic E-state index is -0.559. The number of rotatable bonds is 4. The Bertz CT molecular complexity index is 1530. The lowest BCUT2D eigenvalue weighted by atomic mass is 9.96. The van der Waals surface area contributed by atoms with Crippen LogP contribution in [0.25, 0.3) is 21.1 Å². The third-order valence-corrected chi connectivity index (χ3v) is 7.84. The fourth-order valence-corrected chi connectivity index (χ4v) is 6.17. The molecule has 1 aromatic carbocycles. The van der Waals surface area contributed by atoms with E-state index in [0.29, 0.717) is 34.9 Å². The highest BCUT2D eigenvalue weighted by molar-refractivity contribution is 7.19. The second-order valence-corrected chi connectivity index (χ2v) is 9.79. The third kappa shape index (κ3) is 2.98. The van der Waals surface area contributed by atoms with Gasteiger partial charge in [-0.3, -0.25) is 9.89 Å². The van der Waals surface area contributed by atoms with Crippen molar-refractivity contribution in [1.82, 2.24) is 19.7 Å². The lowest BCUT2D eigenvalue weighted by Crippen LogP contribution is -2.35. The summed E-state index contributed by atoms with van der Waals surface area (Å²) in [7, 11) is 1.48. The van der Waals surface area contributed by atoms with Gasteiger partial charge in [-0.2, -0.15) is 10.4 Å². The van der Waals surface area contributed by atoms with Gasteiger partial charge in [-0.15, -0.1) is 11.3 Å². The molecule has 1 aliphatic carbocycles. The summed E-state index contributed by atoms with van der Waals surface area (Å²) in [5.74, 6) is 0.233. The van der Waals surface area contributed by atoms with Gasteiger partial charge in [0.15, 0.2) is 17.3 Å². The van der Waals surface area contributed by atoms with E-state index in [-0.39, 0.29) is 33.4 Å². The number of benzene rings is 1. The van der Waals surface area contributed by atoms with Crippen molar-refractivity contribution in [3.05, 3.63) is 39.1 Å². The number of thiophene rings is 1. The van der Waals surface area contributed by atoms with Crippen LogP contribution in [0.2, 0.25) is 0 Å². The maximum atomic E-state index is 15.7. The summed E-state index contributed by atoms with van der Waals surface area (Å²) >= 11 is 1.08. The summed E-state index contributed by atoms with van der Waals surface area (Å²) in [5, 5.41) is 27.1. The van der Waals surface area contributed by atoms with Gasteiger partial charge >= 0.3 is 0 Å². The quantitative estimate of drug-likeness (QED) is 0.456. The van der Waals surface area contributed by atoms with E-state index in [1.54, 1.807) is 0 Å². The molecule has 9 nitrogen and oxygen atoms in total. The van der Waals surface area contributed by atoms with Crippen molar-refractivity contribution in [3.63, 3.8) is 0 Å². The number of aromatic hydroxyl groups is 1. The number of pyridine rings is 1. The Morgan fingerprint density at radius 2 is 2.21 bits per heavy atom. The Hall–Kier alpha value is -3.65. The van der Waals surface area contributed by atoms with Gasteiger partial charge in [0.2, 0.25) is 5.43 Å². The summed E-state index contributed by atoms with van der Waals surface area (Å²) in [6.45, 7) is 1.17. The molecular weight excluding hydrogens is 459 g/mol. The van der Waals surface area contributed by atoms with Crippen molar-refractivity contribution >= 4 is 38.1 Å². The number of nitrogens with zero attached hydrogens (tertiary/aromatic N) is 5. The Labute approximate surface area is 197 Å². The number of aromatic amines is 1. The number of anilines is 1. The first-order chi connectivity index (χ1) is 16.5. The zero-order valence-electron chi connectivity index (χ0n) is 18.3. The van der Waals surface area contributed by atoms with E-state index in [0.717, 1.165) is 42.8 Å². The fourth-order valence-electron chi connectivity index (χ4n) is 5.10. The Morgan fingerprint density at radius 1 is 1.38 bits per heavy atom. The van der Waals surface area contributed by atoms with Crippen LogP contribution in [0.4, 0.5) is 10.1 Å². The number of hydrogen-bond acceptors (Lipinski definition) is 8. The highest BCUT2D eigenvalue weighted by Crippen LogP contribution is 2.48. The average Bonchev–Trinajstić information content (AvgIpc) is 3.41. The molecule has 174 valence electrons. The van der Waals surface area contributed by atoms with Crippen LogP contribution < -0.4 is 15.1 Å². The molecule has 0 radical (unpaired) electrons. The number of H-pyrrole nitrogens is 1. The normalized spacial score (nSPS) is 18.5. The Kier molecular flexibility index (Phi) is 4.74. The number of ether oxygens (including phenoxy) is 1. The van der Waals surface area contributed by atoms with Crippen LogP contribution in [0.3, 0.4) is 0 Å². The van der Waals surface area contributed by atoms with Gasteiger partial charge < -0.3 is 19.3 Å². The van der Waals surface area contributed by atoms with Crippen LogP contribution in [0.15, 0.2) is 17.2 Å². The predicted molar refractivity (Wildman–Crippen MR) is 125 cm³/mol. The smallest absolute Gasteiger partial charge is 0.202 e. The van der Waals surface area contributed by atoms with Gasteiger partial charge in [0.25, 0.3) is 0 Å². The number of piperidine rings is 1. The summed E-state index contributed by atoms with van der Waals surface area (Å²) in [5.41, 5.74) is 0.319. The standard InChI is InChI=1S/C23H21FN6O3S/c1-33-21-17-13(19(31)16-20(32)15(8-25)34-23(16)30(17)12-4-5-12)7-14(24)18(21)29-6-2-3-11(9-29)22-26-10-27-28-22/h7,10-12,32H,2-6,9H2,1H3,(H,26,27,28). The van der Waals surface area contributed by atoms with Crippen LogP contribution in [-0.2, 0) is 0 Å². The molecule has 1 aliphatic heterocycles. The highest BCUT2D eigenvalue weighted by atomic mass is 32.1. The van der Waals surface area contributed by atoms with Gasteiger partial charge in [-0.25, -0.2) is 9.37 Å². The van der Waals surface area contributed by atoms with Crippen molar-refractivity contribution < 1.29 is 14.2 Å². The monoisotopic (exact) mass is 480 g/mol. The molecule has 6 rings (SSSR count). The number of fused-ring (bicyclic) bond motifs is 2. The van der Waals surface area contributed by atoms with Crippen molar-refractivity contribution in [2.24, 2.45) is 0 Å². The number of methoxy groups -OCH3 is 1. The van der Waals surface area contributed by atoms with E-state index >= 15 is 4.39 Å². The average molecular weight is 481 g/mol. The first-order valence-corrected chi connectivity index (χ1v) is 12.0. The van der Waals surface area contributed by atoms with Crippen molar-refractivity contribution in [2.75, 3.05) is 25.1 Å². The van der Waals surface area contributed by atoms with E-state index in [9.17, 15) is 15.2 Å². The van der Waals surface area contributed by atoms with Gasteiger partial charge in [-0.05, 0) is 31.7 Å². The maximum absolute atomic E-state index is 15.7. The molecule has 0 amide bonds.